The maximum absolute atomic E-state index is 12.3. The van der Waals surface area contributed by atoms with Crippen LogP contribution in [-0.4, -0.2) is 32.4 Å². The number of aryl methyl sites for hydroxylation is 1. The van der Waals surface area contributed by atoms with E-state index in [9.17, 15) is 13.2 Å². The fourth-order valence-electron chi connectivity index (χ4n) is 2.20. The maximum Gasteiger partial charge on any atom is 0.422 e. The van der Waals surface area contributed by atoms with E-state index in [1.54, 1.807) is 29.0 Å². The van der Waals surface area contributed by atoms with E-state index >= 15 is 0 Å². The van der Waals surface area contributed by atoms with Gasteiger partial charge in [0.25, 0.3) is 0 Å². The number of anilines is 1. The summed E-state index contributed by atoms with van der Waals surface area (Å²) >= 11 is 0. The Morgan fingerprint density at radius 3 is 2.88 bits per heavy atom. The number of fused-ring (bicyclic) bond motifs is 1. The zero-order chi connectivity index (χ0) is 17.2. The van der Waals surface area contributed by atoms with Gasteiger partial charge >= 0.3 is 6.18 Å². The van der Waals surface area contributed by atoms with Gasteiger partial charge < -0.3 is 10.1 Å². The van der Waals surface area contributed by atoms with Crippen molar-refractivity contribution >= 4 is 11.3 Å². The average molecular weight is 337 g/mol. The Bertz CT molecular complexity index is 846. The van der Waals surface area contributed by atoms with Gasteiger partial charge in [-0.2, -0.15) is 18.3 Å². The number of hydrogen-bond donors (Lipinski definition) is 1. The maximum atomic E-state index is 12.3. The number of ether oxygens (including phenoxy) is 1. The average Bonchev–Trinajstić information content (AvgIpc) is 2.91. The number of alkyl halides is 3. The summed E-state index contributed by atoms with van der Waals surface area (Å²) in [6, 6.07) is 5.14. The van der Waals surface area contributed by atoms with Crippen LogP contribution in [0.2, 0.25) is 0 Å². The van der Waals surface area contributed by atoms with Gasteiger partial charge in [0.15, 0.2) is 12.4 Å². The molecule has 0 fully saturated rings. The molecule has 0 amide bonds. The largest absolute Gasteiger partial charge is 0.468 e. The van der Waals surface area contributed by atoms with E-state index in [0.29, 0.717) is 11.4 Å². The number of rotatable bonds is 5. The summed E-state index contributed by atoms with van der Waals surface area (Å²) in [5, 5.41) is 7.36. The highest BCUT2D eigenvalue weighted by molar-refractivity contribution is 5.67. The molecule has 0 atom stereocenters. The third-order valence-electron chi connectivity index (χ3n) is 3.18. The molecule has 3 heterocycles. The molecule has 24 heavy (non-hydrogen) atoms. The monoisotopic (exact) mass is 337 g/mol. The van der Waals surface area contributed by atoms with Crippen LogP contribution >= 0.6 is 0 Å². The molecule has 3 aromatic rings. The molecule has 0 spiro atoms. The molecule has 0 aliphatic heterocycles. The number of aromatic nitrogens is 4. The van der Waals surface area contributed by atoms with E-state index in [1.807, 2.05) is 13.0 Å². The van der Waals surface area contributed by atoms with Crippen LogP contribution in [0.4, 0.5) is 19.0 Å². The van der Waals surface area contributed by atoms with E-state index in [4.69, 9.17) is 4.74 Å². The lowest BCUT2D eigenvalue weighted by Crippen LogP contribution is -2.20. The van der Waals surface area contributed by atoms with Crippen molar-refractivity contribution in [2.75, 3.05) is 11.9 Å². The second-order valence-corrected chi connectivity index (χ2v) is 5.12. The Morgan fingerprint density at radius 2 is 2.08 bits per heavy atom. The second kappa shape index (κ2) is 6.34. The normalized spacial score (nSPS) is 11.7. The van der Waals surface area contributed by atoms with Crippen LogP contribution < -0.4 is 10.1 Å². The second-order valence-electron chi connectivity index (χ2n) is 5.12. The molecular formula is C15H14F3N5O. The molecule has 0 aliphatic rings. The minimum atomic E-state index is -4.41. The lowest BCUT2D eigenvalue weighted by atomic mass is 10.2. The molecule has 3 rings (SSSR count). The van der Waals surface area contributed by atoms with Gasteiger partial charge in [-0.15, -0.1) is 0 Å². The van der Waals surface area contributed by atoms with E-state index < -0.39 is 12.8 Å². The van der Waals surface area contributed by atoms with Crippen LogP contribution in [-0.2, 0) is 6.54 Å². The third kappa shape index (κ3) is 3.73. The molecule has 0 bridgehead atoms. The zero-order valence-corrected chi connectivity index (χ0v) is 12.7. The highest BCUT2D eigenvalue weighted by Gasteiger charge is 2.29. The molecule has 0 saturated carbocycles. The Balaban J connectivity index is 1.76. The van der Waals surface area contributed by atoms with Crippen LogP contribution in [0, 0.1) is 6.92 Å². The number of halogens is 3. The third-order valence-corrected chi connectivity index (χ3v) is 3.18. The molecule has 9 heteroatoms. The van der Waals surface area contributed by atoms with Crippen molar-refractivity contribution in [1.82, 2.24) is 19.6 Å². The summed E-state index contributed by atoms with van der Waals surface area (Å²) in [7, 11) is 0. The first-order chi connectivity index (χ1) is 11.4. The SMILES string of the molecule is Cc1cc2c(NCc3cccnc3OCC(F)(F)F)nccn2n1. The molecular weight excluding hydrogens is 323 g/mol. The quantitative estimate of drug-likeness (QED) is 0.775. The minimum absolute atomic E-state index is 0.0565. The standard InChI is InChI=1S/C15H14F3N5O/c1-10-7-12-13(19-5-6-23(12)22-10)21-8-11-3-2-4-20-14(11)24-9-15(16,17)18/h2-7H,8-9H2,1H3,(H,19,21). The first-order valence-corrected chi connectivity index (χ1v) is 7.11. The summed E-state index contributed by atoms with van der Waals surface area (Å²) in [5.41, 5.74) is 2.11. The van der Waals surface area contributed by atoms with Gasteiger partial charge in [-0.3, -0.25) is 0 Å². The molecule has 0 saturated heterocycles. The molecule has 126 valence electrons. The first kappa shape index (κ1) is 16.0. The summed E-state index contributed by atoms with van der Waals surface area (Å²) in [6.07, 6.45) is 0.278. The van der Waals surface area contributed by atoms with Crippen molar-refractivity contribution < 1.29 is 17.9 Å². The van der Waals surface area contributed by atoms with E-state index in [1.165, 1.54) is 6.20 Å². The minimum Gasteiger partial charge on any atom is -0.468 e. The molecule has 6 nitrogen and oxygen atoms in total. The number of nitrogens with one attached hydrogen (secondary N) is 1. The highest BCUT2D eigenvalue weighted by Crippen LogP contribution is 2.21. The number of nitrogens with zero attached hydrogens (tertiary/aromatic N) is 4. The van der Waals surface area contributed by atoms with Crippen LogP contribution in [0.15, 0.2) is 36.8 Å². The first-order valence-electron chi connectivity index (χ1n) is 7.11. The van der Waals surface area contributed by atoms with Crippen molar-refractivity contribution in [2.24, 2.45) is 0 Å². The Hall–Kier alpha value is -2.84. The molecule has 1 N–H and O–H groups in total. The lowest BCUT2D eigenvalue weighted by Gasteiger charge is -2.13. The van der Waals surface area contributed by atoms with Crippen LogP contribution in [0.3, 0.4) is 0 Å². The van der Waals surface area contributed by atoms with Gasteiger partial charge in [-0.05, 0) is 19.1 Å². The Labute approximate surface area is 135 Å². The van der Waals surface area contributed by atoms with Gasteiger partial charge in [0.1, 0.15) is 5.52 Å². The van der Waals surface area contributed by atoms with Crippen molar-refractivity contribution in [3.8, 4) is 5.88 Å². The molecule has 0 radical (unpaired) electrons. The van der Waals surface area contributed by atoms with E-state index in [0.717, 1.165) is 11.2 Å². The summed E-state index contributed by atoms with van der Waals surface area (Å²) in [6.45, 7) is 0.700. The van der Waals surface area contributed by atoms with Gasteiger partial charge in [0, 0.05) is 30.7 Å². The van der Waals surface area contributed by atoms with Crippen LogP contribution in [0.1, 0.15) is 11.3 Å². The van der Waals surface area contributed by atoms with Crippen molar-refractivity contribution in [3.63, 3.8) is 0 Å². The van der Waals surface area contributed by atoms with Gasteiger partial charge in [0.05, 0.1) is 5.69 Å². The van der Waals surface area contributed by atoms with Crippen molar-refractivity contribution in [3.05, 3.63) is 48.0 Å². The molecule has 0 aromatic carbocycles. The predicted octanol–water partition coefficient (Wildman–Crippen LogP) is 2.99. The van der Waals surface area contributed by atoms with Crippen LogP contribution in [0.25, 0.3) is 5.52 Å². The fourth-order valence-corrected chi connectivity index (χ4v) is 2.20. The molecule has 0 unspecified atom stereocenters. The highest BCUT2D eigenvalue weighted by atomic mass is 19.4. The molecule has 0 aliphatic carbocycles. The fraction of sp³-hybridized carbons (Fsp3) is 0.267. The molecule has 3 aromatic heterocycles. The zero-order valence-electron chi connectivity index (χ0n) is 12.7. The summed E-state index contributed by atoms with van der Waals surface area (Å²) in [4.78, 5) is 8.10. The van der Waals surface area contributed by atoms with E-state index in [-0.39, 0.29) is 12.4 Å². The van der Waals surface area contributed by atoms with Gasteiger partial charge in [-0.1, -0.05) is 6.07 Å². The smallest absolute Gasteiger partial charge is 0.422 e. The lowest BCUT2D eigenvalue weighted by molar-refractivity contribution is -0.154. The van der Waals surface area contributed by atoms with Gasteiger partial charge in [-0.25, -0.2) is 14.5 Å². The number of hydrogen-bond acceptors (Lipinski definition) is 5. The van der Waals surface area contributed by atoms with Crippen LogP contribution in [0.5, 0.6) is 5.88 Å². The van der Waals surface area contributed by atoms with Crippen molar-refractivity contribution in [1.29, 1.82) is 0 Å². The summed E-state index contributed by atoms with van der Waals surface area (Å²) < 4.78 is 43.4. The van der Waals surface area contributed by atoms with Crippen molar-refractivity contribution in [2.45, 2.75) is 19.6 Å². The number of pyridine rings is 1. The van der Waals surface area contributed by atoms with E-state index in [2.05, 4.69) is 20.4 Å². The predicted molar refractivity (Wildman–Crippen MR) is 80.8 cm³/mol. The summed E-state index contributed by atoms with van der Waals surface area (Å²) in [5.74, 6) is 0.516. The van der Waals surface area contributed by atoms with Gasteiger partial charge in [0.2, 0.25) is 5.88 Å². The topological polar surface area (TPSA) is 64.3 Å². The Kier molecular flexibility index (Phi) is 4.24. The Morgan fingerprint density at radius 1 is 1.25 bits per heavy atom.